The monoisotopic (exact) mass is 394 g/mol. The topological polar surface area (TPSA) is 86.3 Å². The molecule has 1 heterocycles. The first kappa shape index (κ1) is 22.0. The van der Waals surface area contributed by atoms with E-state index in [-0.39, 0.29) is 0 Å². The second-order valence-electron chi connectivity index (χ2n) is 7.47. The number of hydrogen-bond acceptors (Lipinski definition) is 7. The minimum atomic E-state index is -0.956. The quantitative estimate of drug-likeness (QED) is 0.709. The van der Waals surface area contributed by atoms with Crippen molar-refractivity contribution in [1.82, 2.24) is 10.2 Å². The number of alkyl carbamates (subject to hydrolysis) is 1. The van der Waals surface area contributed by atoms with Gasteiger partial charge in [-0.2, -0.15) is 0 Å². The van der Waals surface area contributed by atoms with Crippen molar-refractivity contribution < 1.29 is 28.5 Å². The first-order valence-corrected chi connectivity index (χ1v) is 9.39. The molecule has 0 saturated carbocycles. The van der Waals surface area contributed by atoms with Crippen molar-refractivity contribution in [3.05, 3.63) is 29.8 Å². The van der Waals surface area contributed by atoms with Crippen LogP contribution in [0.4, 0.5) is 4.79 Å². The Bertz CT molecular complexity index is 635. The van der Waals surface area contributed by atoms with Gasteiger partial charge in [-0.3, -0.25) is 4.90 Å². The van der Waals surface area contributed by atoms with Gasteiger partial charge in [0.05, 0.1) is 20.3 Å². The minimum Gasteiger partial charge on any atom is -0.492 e. The van der Waals surface area contributed by atoms with Crippen LogP contribution >= 0.6 is 0 Å². The van der Waals surface area contributed by atoms with Crippen LogP contribution in [0, 0.1) is 0 Å². The molecule has 0 bridgehead atoms. The molecule has 1 saturated heterocycles. The molecule has 1 N–H and O–H groups in total. The summed E-state index contributed by atoms with van der Waals surface area (Å²) in [6.07, 6.45) is -0.686. The zero-order chi connectivity index (χ0) is 20.6. The molecule has 1 aromatic rings. The van der Waals surface area contributed by atoms with E-state index in [1.54, 1.807) is 45.0 Å². The van der Waals surface area contributed by atoms with Crippen LogP contribution in [0.5, 0.6) is 5.75 Å². The predicted molar refractivity (Wildman–Crippen MR) is 103 cm³/mol. The summed E-state index contributed by atoms with van der Waals surface area (Å²) < 4.78 is 21.1. The van der Waals surface area contributed by atoms with E-state index in [0.29, 0.717) is 17.9 Å². The molecule has 1 aliphatic rings. The Balaban J connectivity index is 1.92. The van der Waals surface area contributed by atoms with E-state index >= 15 is 0 Å². The molecular weight excluding hydrogens is 364 g/mol. The van der Waals surface area contributed by atoms with Gasteiger partial charge in [-0.15, -0.1) is 0 Å². The molecule has 0 spiro atoms. The summed E-state index contributed by atoms with van der Waals surface area (Å²) in [4.78, 5) is 26.4. The zero-order valence-electron chi connectivity index (χ0n) is 17.0. The summed E-state index contributed by atoms with van der Waals surface area (Å²) >= 11 is 0. The normalized spacial score (nSPS) is 16.1. The highest BCUT2D eigenvalue weighted by Crippen LogP contribution is 2.20. The molecule has 0 unspecified atom stereocenters. The van der Waals surface area contributed by atoms with Gasteiger partial charge in [0.25, 0.3) is 0 Å². The van der Waals surface area contributed by atoms with E-state index in [1.165, 1.54) is 7.11 Å². The van der Waals surface area contributed by atoms with Crippen LogP contribution < -0.4 is 10.1 Å². The van der Waals surface area contributed by atoms with Crippen LogP contribution in [0.15, 0.2) is 24.3 Å². The number of nitrogens with zero attached hydrogens (tertiary/aromatic N) is 1. The number of esters is 1. The molecule has 0 radical (unpaired) electrons. The largest absolute Gasteiger partial charge is 0.492 e. The second-order valence-corrected chi connectivity index (χ2v) is 7.47. The molecule has 1 aliphatic heterocycles. The van der Waals surface area contributed by atoms with E-state index in [4.69, 9.17) is 18.9 Å². The number of rotatable bonds is 7. The minimum absolute atomic E-state index is 0.565. The lowest BCUT2D eigenvalue weighted by Gasteiger charge is -2.26. The number of hydrogen-bond donors (Lipinski definition) is 1. The maximum atomic E-state index is 12.1. The van der Waals surface area contributed by atoms with Crippen molar-refractivity contribution in [3.8, 4) is 5.75 Å². The van der Waals surface area contributed by atoms with Crippen molar-refractivity contribution in [2.24, 2.45) is 0 Å². The molecule has 2 rings (SSSR count). The van der Waals surface area contributed by atoms with Crippen LogP contribution in [0.3, 0.4) is 0 Å². The second kappa shape index (κ2) is 10.3. The van der Waals surface area contributed by atoms with E-state index in [0.717, 1.165) is 32.8 Å². The average Bonchev–Trinajstić information content (AvgIpc) is 2.66. The smallest absolute Gasteiger partial charge is 0.408 e. The molecule has 1 aromatic carbocycles. The number of benzene rings is 1. The Morgan fingerprint density at radius 1 is 1.18 bits per heavy atom. The maximum absolute atomic E-state index is 12.1. The van der Waals surface area contributed by atoms with Crippen LogP contribution in [0.2, 0.25) is 0 Å². The SMILES string of the molecule is COC(=O)[C@@H](NC(=O)OC(C)(C)C)c1ccc(OCCN2CCOCC2)cc1. The summed E-state index contributed by atoms with van der Waals surface area (Å²) in [6.45, 7) is 10.0. The highest BCUT2D eigenvalue weighted by atomic mass is 16.6. The first-order valence-electron chi connectivity index (χ1n) is 9.39. The summed E-state index contributed by atoms with van der Waals surface area (Å²) in [5, 5.41) is 2.55. The van der Waals surface area contributed by atoms with Crippen LogP contribution in [-0.4, -0.2) is 69.1 Å². The van der Waals surface area contributed by atoms with Gasteiger partial charge >= 0.3 is 12.1 Å². The van der Waals surface area contributed by atoms with Gasteiger partial charge in [0.2, 0.25) is 0 Å². The summed E-state index contributed by atoms with van der Waals surface area (Å²) in [7, 11) is 1.27. The Hall–Kier alpha value is -2.32. The Morgan fingerprint density at radius 3 is 2.39 bits per heavy atom. The maximum Gasteiger partial charge on any atom is 0.408 e. The van der Waals surface area contributed by atoms with E-state index in [1.807, 2.05) is 0 Å². The first-order chi connectivity index (χ1) is 13.3. The third-order valence-electron chi connectivity index (χ3n) is 4.09. The predicted octanol–water partition coefficient (Wildman–Crippen LogP) is 2.14. The summed E-state index contributed by atoms with van der Waals surface area (Å²) in [6, 6.07) is 6.02. The number of nitrogens with one attached hydrogen (secondary N) is 1. The van der Waals surface area contributed by atoms with Gasteiger partial charge in [-0.1, -0.05) is 12.1 Å². The molecule has 156 valence electrons. The fourth-order valence-corrected chi connectivity index (χ4v) is 2.70. The fraction of sp³-hybridized carbons (Fsp3) is 0.600. The van der Waals surface area contributed by atoms with Gasteiger partial charge in [-0.25, -0.2) is 9.59 Å². The summed E-state index contributed by atoms with van der Waals surface area (Å²) in [5.41, 5.74) is -0.0821. The number of ether oxygens (including phenoxy) is 4. The Labute approximate surface area is 166 Å². The Kier molecular flexibility index (Phi) is 8.07. The van der Waals surface area contributed by atoms with E-state index in [9.17, 15) is 9.59 Å². The molecule has 8 nitrogen and oxygen atoms in total. The number of morpholine rings is 1. The highest BCUT2D eigenvalue weighted by Gasteiger charge is 2.26. The molecule has 0 aromatic heterocycles. The number of methoxy groups -OCH3 is 1. The Morgan fingerprint density at radius 2 is 1.82 bits per heavy atom. The molecule has 1 atom stereocenters. The third kappa shape index (κ3) is 7.36. The van der Waals surface area contributed by atoms with E-state index in [2.05, 4.69) is 10.2 Å². The van der Waals surface area contributed by atoms with Crippen LogP contribution in [0.25, 0.3) is 0 Å². The lowest BCUT2D eigenvalue weighted by molar-refractivity contribution is -0.143. The molecule has 1 fully saturated rings. The number of amides is 1. The summed E-state index contributed by atoms with van der Waals surface area (Å²) in [5.74, 6) is 0.115. The van der Waals surface area contributed by atoms with Crippen molar-refractivity contribution in [2.45, 2.75) is 32.4 Å². The van der Waals surface area contributed by atoms with Crippen molar-refractivity contribution >= 4 is 12.1 Å². The van der Waals surface area contributed by atoms with Gasteiger partial charge in [0.1, 0.15) is 18.0 Å². The van der Waals surface area contributed by atoms with Crippen LogP contribution in [0.1, 0.15) is 32.4 Å². The van der Waals surface area contributed by atoms with Crippen LogP contribution in [-0.2, 0) is 19.0 Å². The van der Waals surface area contributed by atoms with Crippen molar-refractivity contribution in [3.63, 3.8) is 0 Å². The molecule has 28 heavy (non-hydrogen) atoms. The van der Waals surface area contributed by atoms with E-state index < -0.39 is 23.7 Å². The molecular formula is C20H30N2O6. The standard InChI is InChI=1S/C20H30N2O6/c1-20(2,3)28-19(24)21-17(18(23)25-4)15-5-7-16(8-6-15)27-14-11-22-9-12-26-13-10-22/h5-8,17H,9-14H2,1-4H3,(H,21,24)/t17-/m0/s1. The average molecular weight is 394 g/mol. The number of carbonyl (C=O) groups excluding carboxylic acids is 2. The fourth-order valence-electron chi connectivity index (χ4n) is 2.70. The van der Waals surface area contributed by atoms with Gasteiger partial charge in [0, 0.05) is 19.6 Å². The van der Waals surface area contributed by atoms with Crippen molar-refractivity contribution in [1.29, 1.82) is 0 Å². The molecule has 8 heteroatoms. The van der Waals surface area contributed by atoms with Crippen molar-refractivity contribution in [2.75, 3.05) is 46.6 Å². The number of carbonyl (C=O) groups is 2. The lowest BCUT2D eigenvalue weighted by Crippen LogP contribution is -2.38. The third-order valence-corrected chi connectivity index (χ3v) is 4.09. The highest BCUT2D eigenvalue weighted by molar-refractivity contribution is 5.82. The molecule has 1 amide bonds. The lowest BCUT2D eigenvalue weighted by atomic mass is 10.1. The van der Waals surface area contributed by atoms with Gasteiger partial charge in [0.15, 0.2) is 6.04 Å². The van der Waals surface area contributed by atoms with Gasteiger partial charge in [-0.05, 0) is 38.5 Å². The van der Waals surface area contributed by atoms with Gasteiger partial charge < -0.3 is 24.3 Å². The molecule has 0 aliphatic carbocycles. The zero-order valence-corrected chi connectivity index (χ0v) is 17.0.